The van der Waals surface area contributed by atoms with Crippen molar-refractivity contribution in [2.75, 3.05) is 13.2 Å². The molecule has 0 radical (unpaired) electrons. The highest BCUT2D eigenvalue weighted by molar-refractivity contribution is 6.30. The van der Waals surface area contributed by atoms with Crippen LogP contribution in [-0.2, 0) is 0 Å². The summed E-state index contributed by atoms with van der Waals surface area (Å²) < 4.78 is 10.8. The third-order valence-electron chi connectivity index (χ3n) is 2.42. The summed E-state index contributed by atoms with van der Waals surface area (Å²) in [6.07, 6.45) is 2.77. The normalized spacial score (nSPS) is 10.1. The minimum Gasteiger partial charge on any atom is -0.490 e. The van der Waals surface area contributed by atoms with Gasteiger partial charge in [0.25, 0.3) is 0 Å². The van der Waals surface area contributed by atoms with Crippen molar-refractivity contribution in [2.45, 2.75) is 0 Å². The molecule has 1 aromatic carbocycles. The van der Waals surface area contributed by atoms with Crippen LogP contribution in [0.25, 0.3) is 0 Å². The van der Waals surface area contributed by atoms with E-state index in [4.69, 9.17) is 26.2 Å². The summed E-state index contributed by atoms with van der Waals surface area (Å²) in [5.41, 5.74) is 0.0720. The molecule has 104 valence electrons. The van der Waals surface area contributed by atoms with E-state index in [0.29, 0.717) is 10.8 Å². The molecule has 0 aliphatic heterocycles. The first-order valence-corrected chi connectivity index (χ1v) is 6.23. The summed E-state index contributed by atoms with van der Waals surface area (Å²) >= 11 is 5.82. The number of rotatable bonds is 6. The number of benzene rings is 1. The van der Waals surface area contributed by atoms with Crippen LogP contribution in [-0.4, -0.2) is 29.3 Å². The molecule has 1 aromatic heterocycles. The van der Waals surface area contributed by atoms with Crippen molar-refractivity contribution >= 4 is 17.6 Å². The Kier molecular flexibility index (Phi) is 4.79. The lowest BCUT2D eigenvalue weighted by molar-refractivity contribution is 0.0691. The summed E-state index contributed by atoms with van der Waals surface area (Å²) in [6.45, 7) is 0.479. The zero-order chi connectivity index (χ0) is 14.4. The highest BCUT2D eigenvalue weighted by atomic mass is 35.5. The van der Waals surface area contributed by atoms with Gasteiger partial charge in [-0.15, -0.1) is 0 Å². The number of carboxylic acid groups (broad SMARTS) is 1. The number of hydrogen-bond donors (Lipinski definition) is 1. The molecule has 0 amide bonds. The Morgan fingerprint density at radius 3 is 2.80 bits per heavy atom. The number of nitrogens with zero attached hydrogens (tertiary/aromatic N) is 1. The summed E-state index contributed by atoms with van der Waals surface area (Å²) in [7, 11) is 0. The molecule has 2 aromatic rings. The Labute approximate surface area is 120 Å². The van der Waals surface area contributed by atoms with Crippen molar-refractivity contribution in [2.24, 2.45) is 0 Å². The molecule has 0 aliphatic carbocycles. The number of pyridine rings is 1. The summed E-state index contributed by atoms with van der Waals surface area (Å²) in [4.78, 5) is 14.8. The Hall–Kier alpha value is -2.27. The monoisotopic (exact) mass is 293 g/mol. The van der Waals surface area contributed by atoms with Gasteiger partial charge in [-0.3, -0.25) is 4.98 Å². The first-order valence-electron chi connectivity index (χ1n) is 5.85. The van der Waals surface area contributed by atoms with E-state index in [1.165, 1.54) is 18.5 Å². The first kappa shape index (κ1) is 14.1. The lowest BCUT2D eigenvalue weighted by atomic mass is 10.2. The molecule has 1 N–H and O–H groups in total. The van der Waals surface area contributed by atoms with Gasteiger partial charge in [0.2, 0.25) is 0 Å². The molecule has 0 spiro atoms. The molecular weight excluding hydrogens is 282 g/mol. The van der Waals surface area contributed by atoms with Gasteiger partial charge < -0.3 is 14.6 Å². The second kappa shape index (κ2) is 6.77. The van der Waals surface area contributed by atoms with Crippen LogP contribution in [0.2, 0.25) is 5.02 Å². The summed E-state index contributed by atoms with van der Waals surface area (Å²) in [6, 6.07) is 8.38. The number of aromatic carboxylic acids is 1. The van der Waals surface area contributed by atoms with Crippen molar-refractivity contribution in [3.05, 3.63) is 53.3 Å². The smallest absolute Gasteiger partial charge is 0.339 e. The fourth-order valence-corrected chi connectivity index (χ4v) is 1.72. The van der Waals surface area contributed by atoms with E-state index >= 15 is 0 Å². The average molecular weight is 294 g/mol. The van der Waals surface area contributed by atoms with Gasteiger partial charge in [0, 0.05) is 11.2 Å². The third-order valence-corrected chi connectivity index (χ3v) is 2.66. The Bertz CT molecular complexity index is 603. The molecule has 0 bridgehead atoms. The van der Waals surface area contributed by atoms with Crippen molar-refractivity contribution in [1.29, 1.82) is 0 Å². The van der Waals surface area contributed by atoms with Crippen LogP contribution in [0, 0.1) is 0 Å². The van der Waals surface area contributed by atoms with Crippen molar-refractivity contribution in [3.63, 3.8) is 0 Å². The highest BCUT2D eigenvalue weighted by Crippen LogP contribution is 2.18. The summed E-state index contributed by atoms with van der Waals surface area (Å²) in [5.74, 6) is -0.210. The Morgan fingerprint density at radius 1 is 1.25 bits per heavy atom. The van der Waals surface area contributed by atoms with Gasteiger partial charge in [0.15, 0.2) is 5.75 Å². The molecule has 2 rings (SSSR count). The maximum absolute atomic E-state index is 11.0. The lowest BCUT2D eigenvalue weighted by Gasteiger charge is -2.09. The van der Waals surface area contributed by atoms with Gasteiger partial charge in [-0.25, -0.2) is 4.79 Å². The van der Waals surface area contributed by atoms with Gasteiger partial charge in [-0.2, -0.15) is 0 Å². The number of aromatic nitrogens is 1. The molecule has 0 unspecified atom stereocenters. The van der Waals surface area contributed by atoms with Crippen molar-refractivity contribution < 1.29 is 19.4 Å². The molecule has 0 aliphatic rings. The van der Waals surface area contributed by atoms with Crippen LogP contribution in [0.1, 0.15) is 10.4 Å². The quantitative estimate of drug-likeness (QED) is 0.829. The van der Waals surface area contributed by atoms with Crippen molar-refractivity contribution in [3.8, 4) is 11.5 Å². The van der Waals surface area contributed by atoms with Gasteiger partial charge >= 0.3 is 5.97 Å². The zero-order valence-electron chi connectivity index (χ0n) is 10.5. The fraction of sp³-hybridized carbons (Fsp3) is 0.143. The van der Waals surface area contributed by atoms with Crippen LogP contribution in [0.5, 0.6) is 11.5 Å². The van der Waals surface area contributed by atoms with Crippen LogP contribution in [0.4, 0.5) is 0 Å². The second-order valence-electron chi connectivity index (χ2n) is 3.83. The van der Waals surface area contributed by atoms with Gasteiger partial charge in [0.1, 0.15) is 24.5 Å². The van der Waals surface area contributed by atoms with E-state index in [2.05, 4.69) is 4.98 Å². The molecule has 6 heteroatoms. The average Bonchev–Trinajstić information content (AvgIpc) is 2.44. The molecule has 1 heterocycles. The van der Waals surface area contributed by atoms with Crippen LogP contribution in [0.15, 0.2) is 42.7 Å². The molecule has 0 fully saturated rings. The standard InChI is InChI=1S/C14H12ClNO4/c15-10-2-1-3-11(8-10)19-6-7-20-13-9-16-5-4-12(13)14(17)18/h1-5,8-9H,6-7H2,(H,17,18). The van der Waals surface area contributed by atoms with E-state index in [-0.39, 0.29) is 24.5 Å². The van der Waals surface area contributed by atoms with E-state index in [1.807, 2.05) is 0 Å². The van der Waals surface area contributed by atoms with Crippen LogP contribution in [0.3, 0.4) is 0 Å². The minimum absolute atomic E-state index is 0.0720. The number of carboxylic acids is 1. The van der Waals surface area contributed by atoms with E-state index in [0.717, 1.165) is 0 Å². The van der Waals surface area contributed by atoms with E-state index < -0.39 is 5.97 Å². The predicted octanol–water partition coefficient (Wildman–Crippen LogP) is 2.89. The predicted molar refractivity (Wildman–Crippen MR) is 73.6 cm³/mol. The van der Waals surface area contributed by atoms with Gasteiger partial charge in [0.05, 0.1) is 6.20 Å². The third kappa shape index (κ3) is 3.86. The highest BCUT2D eigenvalue weighted by Gasteiger charge is 2.10. The fourth-order valence-electron chi connectivity index (χ4n) is 1.54. The van der Waals surface area contributed by atoms with E-state index in [9.17, 15) is 4.79 Å². The largest absolute Gasteiger partial charge is 0.490 e. The molecule has 20 heavy (non-hydrogen) atoms. The maximum Gasteiger partial charge on any atom is 0.339 e. The Morgan fingerprint density at radius 2 is 2.05 bits per heavy atom. The maximum atomic E-state index is 11.0. The first-order chi connectivity index (χ1) is 9.66. The SMILES string of the molecule is O=C(O)c1ccncc1OCCOc1cccc(Cl)c1. The summed E-state index contributed by atoms with van der Waals surface area (Å²) in [5, 5.41) is 9.56. The van der Waals surface area contributed by atoms with Crippen molar-refractivity contribution in [1.82, 2.24) is 4.98 Å². The molecule has 0 saturated heterocycles. The lowest BCUT2D eigenvalue weighted by Crippen LogP contribution is -2.11. The molecule has 0 atom stereocenters. The second-order valence-corrected chi connectivity index (χ2v) is 4.27. The number of hydrogen-bond acceptors (Lipinski definition) is 4. The Balaban J connectivity index is 1.86. The molecule has 0 saturated carbocycles. The topological polar surface area (TPSA) is 68.7 Å². The number of carbonyl (C=O) groups is 1. The number of halogens is 1. The number of ether oxygens (including phenoxy) is 2. The van der Waals surface area contributed by atoms with Crippen LogP contribution >= 0.6 is 11.6 Å². The molecular formula is C14H12ClNO4. The van der Waals surface area contributed by atoms with Gasteiger partial charge in [-0.1, -0.05) is 17.7 Å². The molecule has 5 nitrogen and oxygen atoms in total. The van der Waals surface area contributed by atoms with E-state index in [1.54, 1.807) is 24.3 Å². The minimum atomic E-state index is -1.06. The van der Waals surface area contributed by atoms with Crippen LogP contribution < -0.4 is 9.47 Å². The zero-order valence-corrected chi connectivity index (χ0v) is 11.2. The van der Waals surface area contributed by atoms with Gasteiger partial charge in [-0.05, 0) is 24.3 Å².